The average Bonchev–Trinajstić information content (AvgIpc) is 1.81. The van der Waals surface area contributed by atoms with Crippen molar-refractivity contribution in [2.45, 2.75) is 13.3 Å². The van der Waals surface area contributed by atoms with Crippen LogP contribution in [0, 0.1) is 11.6 Å². The second kappa shape index (κ2) is 3.53. The quantitative estimate of drug-likeness (QED) is 0.430. The molecule has 0 aliphatic rings. The van der Waals surface area contributed by atoms with E-state index in [1.807, 2.05) is 5.92 Å². The molecule has 1 nitrogen and oxygen atoms in total. The second-order valence-corrected chi connectivity index (χ2v) is 2.80. The molecule has 10 heavy (non-hydrogen) atoms. The molecule has 0 atom stereocenters. The molecular weight excluding hydrogens is 157 g/mol. The van der Waals surface area contributed by atoms with Gasteiger partial charge in [-0.05, 0) is 12.0 Å². The summed E-state index contributed by atoms with van der Waals surface area (Å²) < 4.78 is 32.8. The molecule has 4 heteroatoms. The lowest BCUT2D eigenvalue weighted by Crippen LogP contribution is -1.67. The Morgan fingerprint density at radius 1 is 1.70 bits per heavy atom. The van der Waals surface area contributed by atoms with Gasteiger partial charge in [-0.1, -0.05) is 19.4 Å². The minimum Gasteiger partial charge on any atom is -0.235 e. The van der Waals surface area contributed by atoms with Crippen molar-refractivity contribution in [2.75, 3.05) is 0 Å². The van der Waals surface area contributed by atoms with Crippen LogP contribution in [-0.4, -0.2) is 0 Å². The normalized spacial score (nSPS) is 9.90. The van der Waals surface area contributed by atoms with Crippen molar-refractivity contribution in [1.29, 1.82) is 0 Å². The predicted octanol–water partition coefficient (Wildman–Crippen LogP) is 3.05. The van der Waals surface area contributed by atoms with E-state index in [1.165, 1.54) is 5.66 Å². The zero-order valence-corrected chi connectivity index (χ0v) is 6.42. The number of hydrogen-bond donors (Lipinski definition) is 0. The van der Waals surface area contributed by atoms with E-state index in [-0.39, 0.29) is 0 Å². The molecule has 0 radical (unpaired) electrons. The largest absolute Gasteiger partial charge is 0.478 e. The van der Waals surface area contributed by atoms with Crippen molar-refractivity contribution in [3.63, 3.8) is 0 Å². The molecule has 0 bridgehead atoms. The molecule has 0 rings (SSSR count). The van der Waals surface area contributed by atoms with Gasteiger partial charge in [0.25, 0.3) is 0 Å². The molecule has 0 fully saturated rings. The third-order valence-corrected chi connectivity index (χ3v) is 1.16. The van der Waals surface area contributed by atoms with Crippen LogP contribution in [0.4, 0.5) is 8.39 Å². The van der Waals surface area contributed by atoms with E-state index in [0.717, 1.165) is 0 Å². The highest BCUT2D eigenvalue weighted by Gasteiger charge is 2.12. The monoisotopic (exact) mass is 164 g/mol. The molecule has 0 aromatic carbocycles. The molecule has 0 aromatic heterocycles. The van der Waals surface area contributed by atoms with Gasteiger partial charge in [0.2, 0.25) is 0 Å². The zero-order chi connectivity index (χ0) is 8.20. The summed E-state index contributed by atoms with van der Waals surface area (Å²) in [4.78, 5) is 0. The Bertz CT molecular complexity index is 230. The van der Waals surface area contributed by atoms with Crippen molar-refractivity contribution in [1.82, 2.24) is 0 Å². The van der Waals surface area contributed by atoms with Crippen LogP contribution in [0.5, 0.6) is 0 Å². The summed E-state index contributed by atoms with van der Waals surface area (Å²) in [7, 11) is -5.15. The van der Waals surface area contributed by atoms with E-state index in [9.17, 15) is 13.0 Å². The Balaban J connectivity index is 4.19. The SMILES string of the molecule is C=C(C#CP(=O)(F)F)CC. The summed E-state index contributed by atoms with van der Waals surface area (Å²) in [5, 5.41) is 0. The van der Waals surface area contributed by atoms with Crippen molar-refractivity contribution >= 4 is 7.76 Å². The highest BCUT2D eigenvalue weighted by Crippen LogP contribution is 2.47. The Morgan fingerprint density at radius 3 is 2.50 bits per heavy atom. The molecule has 0 heterocycles. The molecule has 0 saturated heterocycles. The molecule has 0 aromatic rings. The summed E-state index contributed by atoms with van der Waals surface area (Å²) in [6.45, 7) is 5.08. The van der Waals surface area contributed by atoms with Gasteiger partial charge in [0.15, 0.2) is 0 Å². The minimum absolute atomic E-state index is 0.371. The Labute approximate surface area is 58.7 Å². The van der Waals surface area contributed by atoms with Gasteiger partial charge < -0.3 is 0 Å². The van der Waals surface area contributed by atoms with Crippen molar-refractivity contribution in [3.8, 4) is 11.6 Å². The fourth-order valence-electron chi connectivity index (χ4n) is 0.233. The number of halogens is 2. The van der Waals surface area contributed by atoms with Crippen LogP contribution < -0.4 is 0 Å². The Morgan fingerprint density at radius 2 is 2.20 bits per heavy atom. The first-order valence-electron chi connectivity index (χ1n) is 2.66. The van der Waals surface area contributed by atoms with Crippen LogP contribution in [0.2, 0.25) is 0 Å². The average molecular weight is 164 g/mol. The number of hydrogen-bond acceptors (Lipinski definition) is 1. The smallest absolute Gasteiger partial charge is 0.235 e. The lowest BCUT2D eigenvalue weighted by molar-refractivity contribution is 0.508. The highest BCUT2D eigenvalue weighted by molar-refractivity contribution is 7.58. The Kier molecular flexibility index (Phi) is 3.32. The van der Waals surface area contributed by atoms with Crippen LogP contribution >= 0.6 is 7.76 Å². The molecule has 0 saturated carbocycles. The van der Waals surface area contributed by atoms with E-state index in [4.69, 9.17) is 0 Å². The van der Waals surface area contributed by atoms with Gasteiger partial charge in [-0.2, -0.15) is 0 Å². The van der Waals surface area contributed by atoms with Gasteiger partial charge in [-0.15, -0.1) is 8.39 Å². The molecule has 56 valence electrons. The molecule has 0 amide bonds. The first kappa shape index (κ1) is 9.39. The minimum atomic E-state index is -5.15. The highest BCUT2D eigenvalue weighted by atomic mass is 31.2. The van der Waals surface area contributed by atoms with Crippen molar-refractivity contribution < 1.29 is 13.0 Å². The van der Waals surface area contributed by atoms with Crippen LogP contribution in [0.15, 0.2) is 12.2 Å². The van der Waals surface area contributed by atoms with E-state index < -0.39 is 7.76 Å². The fourth-order valence-corrected chi connectivity index (χ4v) is 0.521. The fraction of sp³-hybridized carbons (Fsp3) is 0.333. The van der Waals surface area contributed by atoms with E-state index in [2.05, 4.69) is 6.58 Å². The summed E-state index contributed by atoms with van der Waals surface area (Å²) in [6.07, 6.45) is 0.507. The van der Waals surface area contributed by atoms with Crippen LogP contribution in [0.1, 0.15) is 13.3 Å². The topological polar surface area (TPSA) is 17.1 Å². The third kappa shape index (κ3) is 5.53. The van der Waals surface area contributed by atoms with E-state index in [0.29, 0.717) is 12.0 Å². The molecule has 0 aliphatic carbocycles. The lowest BCUT2D eigenvalue weighted by Gasteiger charge is -1.85. The lowest BCUT2D eigenvalue weighted by atomic mass is 10.3. The first-order valence-corrected chi connectivity index (χ1v) is 4.15. The van der Waals surface area contributed by atoms with Gasteiger partial charge in [0, 0.05) is 5.66 Å². The van der Waals surface area contributed by atoms with Gasteiger partial charge >= 0.3 is 7.76 Å². The maximum Gasteiger partial charge on any atom is 0.478 e. The summed E-state index contributed by atoms with van der Waals surface area (Å²) in [6, 6.07) is 0. The molecule has 0 unspecified atom stereocenters. The number of rotatable bonds is 1. The molecule has 0 N–H and O–H groups in total. The van der Waals surface area contributed by atoms with Gasteiger partial charge in [0.05, 0.1) is 0 Å². The summed E-state index contributed by atoms with van der Waals surface area (Å²) >= 11 is 0. The summed E-state index contributed by atoms with van der Waals surface area (Å²) in [5.41, 5.74) is 1.72. The van der Waals surface area contributed by atoms with Crippen LogP contribution in [-0.2, 0) is 4.57 Å². The van der Waals surface area contributed by atoms with Gasteiger partial charge in [0.1, 0.15) is 0 Å². The first-order chi connectivity index (χ1) is 4.45. The Hall–Kier alpha value is -0.610. The van der Waals surface area contributed by atoms with E-state index >= 15 is 0 Å². The van der Waals surface area contributed by atoms with Gasteiger partial charge in [-0.3, -0.25) is 0 Å². The number of allylic oxidation sites excluding steroid dienone is 1. The second-order valence-electron chi connectivity index (χ2n) is 1.66. The van der Waals surface area contributed by atoms with Crippen LogP contribution in [0.25, 0.3) is 0 Å². The van der Waals surface area contributed by atoms with Crippen molar-refractivity contribution in [3.05, 3.63) is 12.2 Å². The third-order valence-electron chi connectivity index (χ3n) is 0.790. The summed E-state index contributed by atoms with van der Waals surface area (Å²) in [5.74, 6) is 2.01. The molecular formula is C6H7F2OP. The van der Waals surface area contributed by atoms with E-state index in [1.54, 1.807) is 6.92 Å². The zero-order valence-electron chi connectivity index (χ0n) is 5.53. The standard InChI is InChI=1S/C6H7F2OP/c1-3-6(2)4-5-10(7,8)9/h2-3H2,1H3. The van der Waals surface area contributed by atoms with Gasteiger partial charge in [-0.25, -0.2) is 4.57 Å². The van der Waals surface area contributed by atoms with Crippen molar-refractivity contribution in [2.24, 2.45) is 0 Å². The maximum atomic E-state index is 11.6. The maximum absolute atomic E-state index is 11.6. The molecule has 0 spiro atoms. The molecule has 0 aliphatic heterocycles. The van der Waals surface area contributed by atoms with Crippen LogP contribution in [0.3, 0.4) is 0 Å². The predicted molar refractivity (Wildman–Crippen MR) is 37.0 cm³/mol.